The molecule has 0 saturated carbocycles. The summed E-state index contributed by atoms with van der Waals surface area (Å²) < 4.78 is 27.1. The highest BCUT2D eigenvalue weighted by Gasteiger charge is 2.31. The third-order valence-corrected chi connectivity index (χ3v) is 6.67. The molecule has 0 bridgehead atoms. The molecule has 2 amide bonds. The molecule has 1 heterocycles. The maximum absolute atomic E-state index is 12.8. The van der Waals surface area contributed by atoms with Crippen LogP contribution < -0.4 is 15.5 Å². The molecule has 1 fully saturated rings. The molecule has 2 rings (SSSR count). The first kappa shape index (κ1) is 22.3. The fraction of sp³-hybridized carbons (Fsp3) is 0.579. The van der Waals surface area contributed by atoms with E-state index in [1.165, 1.54) is 4.31 Å². The third kappa shape index (κ3) is 6.29. The number of hydrogen-bond acceptors (Lipinski definition) is 4. The Labute approximate surface area is 167 Å². The molecule has 0 spiro atoms. The van der Waals surface area contributed by atoms with Crippen molar-refractivity contribution in [3.05, 3.63) is 29.8 Å². The summed E-state index contributed by atoms with van der Waals surface area (Å²) in [5, 5.41) is 5.21. The van der Waals surface area contributed by atoms with Crippen LogP contribution in [0.4, 0.5) is 0 Å². The molecule has 1 saturated heterocycles. The average molecular weight is 412 g/mol. The Hall–Kier alpha value is -1.97. The lowest BCUT2D eigenvalue weighted by Crippen LogP contribution is -3.15. The summed E-state index contributed by atoms with van der Waals surface area (Å²) in [6.45, 7) is 6.49. The molecule has 8 nitrogen and oxygen atoms in total. The first-order chi connectivity index (χ1) is 13.4. The monoisotopic (exact) mass is 411 g/mol. The van der Waals surface area contributed by atoms with Gasteiger partial charge in [0.15, 0.2) is 6.54 Å². The van der Waals surface area contributed by atoms with Crippen LogP contribution in [0, 0.1) is 0 Å². The molecule has 0 radical (unpaired) electrons. The van der Waals surface area contributed by atoms with Gasteiger partial charge < -0.3 is 15.5 Å². The number of piperazine rings is 1. The predicted octanol–water partition coefficient (Wildman–Crippen LogP) is -1.22. The lowest BCUT2D eigenvalue weighted by molar-refractivity contribution is -0.895. The highest BCUT2D eigenvalue weighted by atomic mass is 32.2. The zero-order valence-electron chi connectivity index (χ0n) is 16.7. The van der Waals surface area contributed by atoms with Crippen molar-refractivity contribution >= 4 is 21.8 Å². The summed E-state index contributed by atoms with van der Waals surface area (Å²) in [5.74, 6) is -0.421. The number of quaternary nitrogens is 1. The number of aryl methyl sites for hydroxylation is 1. The lowest BCUT2D eigenvalue weighted by Gasteiger charge is -2.31. The molecule has 0 aromatic heterocycles. The van der Waals surface area contributed by atoms with Crippen molar-refractivity contribution in [2.45, 2.75) is 31.6 Å². The minimum absolute atomic E-state index is 0.0332. The second-order valence-corrected chi connectivity index (χ2v) is 8.89. The third-order valence-electron chi connectivity index (χ3n) is 4.76. The van der Waals surface area contributed by atoms with Crippen LogP contribution in [0.3, 0.4) is 0 Å². The number of amides is 2. The van der Waals surface area contributed by atoms with Gasteiger partial charge in [0.1, 0.15) is 0 Å². The summed E-state index contributed by atoms with van der Waals surface area (Å²) in [6, 6.07) is 7.09. The van der Waals surface area contributed by atoms with E-state index in [1.807, 2.05) is 19.1 Å². The fourth-order valence-corrected chi connectivity index (χ4v) is 4.65. The Morgan fingerprint density at radius 3 is 2.25 bits per heavy atom. The van der Waals surface area contributed by atoms with Gasteiger partial charge in [-0.25, -0.2) is 8.42 Å². The van der Waals surface area contributed by atoms with E-state index in [0.29, 0.717) is 37.6 Å². The molecule has 1 aliphatic rings. The predicted molar refractivity (Wildman–Crippen MR) is 106 cm³/mol. The molecular weight excluding hydrogens is 380 g/mol. The number of hydrogen-bond donors (Lipinski definition) is 3. The largest absolute Gasteiger partial charge is 0.355 e. The van der Waals surface area contributed by atoms with Crippen LogP contribution in [0.15, 0.2) is 29.2 Å². The van der Waals surface area contributed by atoms with Crippen LogP contribution in [0.25, 0.3) is 0 Å². The van der Waals surface area contributed by atoms with Crippen LogP contribution in [-0.2, 0) is 26.0 Å². The Kier molecular flexibility index (Phi) is 8.40. The van der Waals surface area contributed by atoms with Gasteiger partial charge in [-0.1, -0.05) is 25.5 Å². The van der Waals surface area contributed by atoms with Gasteiger partial charge >= 0.3 is 0 Å². The second kappa shape index (κ2) is 10.5. The van der Waals surface area contributed by atoms with Crippen molar-refractivity contribution in [1.29, 1.82) is 0 Å². The van der Waals surface area contributed by atoms with Crippen molar-refractivity contribution in [2.75, 3.05) is 45.8 Å². The van der Waals surface area contributed by atoms with Gasteiger partial charge in [0.2, 0.25) is 15.9 Å². The Morgan fingerprint density at radius 1 is 1.04 bits per heavy atom. The summed E-state index contributed by atoms with van der Waals surface area (Å²) >= 11 is 0. The van der Waals surface area contributed by atoms with E-state index >= 15 is 0 Å². The lowest BCUT2D eigenvalue weighted by atomic mass is 10.1. The number of likely N-dealkylation sites (N-methyl/N-ethyl adjacent to an activating group) is 1. The van der Waals surface area contributed by atoms with Crippen LogP contribution in [0.5, 0.6) is 0 Å². The van der Waals surface area contributed by atoms with Gasteiger partial charge in [-0.2, -0.15) is 4.31 Å². The van der Waals surface area contributed by atoms with Gasteiger partial charge in [0.25, 0.3) is 5.91 Å². The number of nitrogens with zero attached hydrogens (tertiary/aromatic N) is 1. The molecule has 0 atom stereocenters. The summed E-state index contributed by atoms with van der Waals surface area (Å²) in [5.41, 5.74) is 1.13. The molecule has 28 heavy (non-hydrogen) atoms. The quantitative estimate of drug-likeness (QED) is 0.474. The number of rotatable bonds is 9. The second-order valence-electron chi connectivity index (χ2n) is 6.96. The molecule has 0 unspecified atom stereocenters. The van der Waals surface area contributed by atoms with Gasteiger partial charge in [0.05, 0.1) is 37.6 Å². The van der Waals surface area contributed by atoms with Crippen molar-refractivity contribution in [1.82, 2.24) is 14.9 Å². The summed E-state index contributed by atoms with van der Waals surface area (Å²) in [4.78, 5) is 24.7. The van der Waals surface area contributed by atoms with Gasteiger partial charge in [-0.3, -0.25) is 9.59 Å². The van der Waals surface area contributed by atoms with Crippen molar-refractivity contribution in [3.63, 3.8) is 0 Å². The first-order valence-corrected chi connectivity index (χ1v) is 11.3. The highest BCUT2D eigenvalue weighted by molar-refractivity contribution is 7.89. The standard InChI is InChI=1S/C19H30N4O4S/c1-3-5-16-6-8-17(9-7-16)28(26,27)23-12-10-22(11-13-23)15-19(25)21-14-18(24)20-4-2/h6-9H,3-5,10-15H2,1-2H3,(H,20,24)(H,21,25)/p+1. The summed E-state index contributed by atoms with van der Waals surface area (Å²) in [6.07, 6.45) is 1.96. The SMILES string of the molecule is CCCc1ccc(S(=O)(=O)N2CC[NH+](CC(=O)NCC(=O)NCC)CC2)cc1. The molecule has 1 aliphatic heterocycles. The first-order valence-electron chi connectivity index (χ1n) is 9.82. The van der Waals surface area contributed by atoms with E-state index in [0.717, 1.165) is 23.3 Å². The molecule has 9 heteroatoms. The highest BCUT2D eigenvalue weighted by Crippen LogP contribution is 2.17. The molecule has 1 aromatic rings. The normalized spacial score (nSPS) is 15.9. The van der Waals surface area contributed by atoms with Gasteiger partial charge in [-0.05, 0) is 31.0 Å². The summed E-state index contributed by atoms with van der Waals surface area (Å²) in [7, 11) is -3.51. The van der Waals surface area contributed by atoms with E-state index in [9.17, 15) is 18.0 Å². The number of nitrogens with one attached hydrogen (secondary N) is 3. The zero-order valence-corrected chi connectivity index (χ0v) is 17.5. The van der Waals surface area contributed by atoms with E-state index in [1.54, 1.807) is 12.1 Å². The van der Waals surface area contributed by atoms with Crippen molar-refractivity contribution < 1.29 is 22.9 Å². The number of carbonyl (C=O) groups is 2. The molecule has 156 valence electrons. The number of carbonyl (C=O) groups excluding carboxylic acids is 2. The topological polar surface area (TPSA) is 100 Å². The van der Waals surface area contributed by atoms with E-state index < -0.39 is 10.0 Å². The number of benzene rings is 1. The fourth-order valence-electron chi connectivity index (χ4n) is 3.21. The van der Waals surface area contributed by atoms with Crippen LogP contribution in [0.1, 0.15) is 25.8 Å². The van der Waals surface area contributed by atoms with E-state index in [-0.39, 0.29) is 24.9 Å². The Bertz CT molecular complexity index is 757. The number of sulfonamides is 1. The average Bonchev–Trinajstić information content (AvgIpc) is 2.68. The zero-order chi connectivity index (χ0) is 20.6. The smallest absolute Gasteiger partial charge is 0.275 e. The molecule has 1 aromatic carbocycles. The minimum Gasteiger partial charge on any atom is -0.355 e. The Balaban J connectivity index is 1.83. The molecular formula is C19H31N4O4S+. The van der Waals surface area contributed by atoms with Crippen molar-refractivity contribution in [3.8, 4) is 0 Å². The van der Waals surface area contributed by atoms with Gasteiger partial charge in [0, 0.05) is 6.54 Å². The van der Waals surface area contributed by atoms with Crippen LogP contribution in [-0.4, -0.2) is 70.4 Å². The minimum atomic E-state index is -3.51. The molecule has 0 aliphatic carbocycles. The van der Waals surface area contributed by atoms with Gasteiger partial charge in [-0.15, -0.1) is 0 Å². The van der Waals surface area contributed by atoms with Crippen LogP contribution in [0.2, 0.25) is 0 Å². The maximum atomic E-state index is 12.8. The Morgan fingerprint density at radius 2 is 1.68 bits per heavy atom. The van der Waals surface area contributed by atoms with Crippen LogP contribution >= 0.6 is 0 Å². The molecule has 3 N–H and O–H groups in total. The van der Waals surface area contributed by atoms with Crippen molar-refractivity contribution in [2.24, 2.45) is 0 Å². The maximum Gasteiger partial charge on any atom is 0.275 e. The van der Waals surface area contributed by atoms with E-state index in [4.69, 9.17) is 0 Å². The van der Waals surface area contributed by atoms with E-state index in [2.05, 4.69) is 17.6 Å².